The second kappa shape index (κ2) is 6.33. The molecule has 0 aromatic carbocycles. The second-order valence-corrected chi connectivity index (χ2v) is 4.31. The Balaban J connectivity index is 3.38. The maximum Gasteiger partial charge on any atom is 0.331 e. The molecule has 7 heteroatoms. The van der Waals surface area contributed by atoms with E-state index in [0.29, 0.717) is 19.3 Å². The van der Waals surface area contributed by atoms with E-state index in [1.807, 2.05) is 6.92 Å². The van der Waals surface area contributed by atoms with Gasteiger partial charge in [-0.3, -0.25) is 19.1 Å². The van der Waals surface area contributed by atoms with E-state index in [1.165, 1.54) is 23.8 Å². The molecule has 0 fully saturated rings. The number of rotatable bonds is 6. The molecule has 106 valence electrons. The molecule has 0 aliphatic carbocycles. The van der Waals surface area contributed by atoms with Crippen molar-refractivity contribution in [2.75, 3.05) is 6.54 Å². The molecule has 7 nitrogen and oxygen atoms in total. The molecule has 0 aliphatic rings. The number of aromatic amines is 1. The molecular formula is C12H19N3O4. The van der Waals surface area contributed by atoms with Gasteiger partial charge in [0.25, 0.3) is 5.56 Å². The molecule has 19 heavy (non-hydrogen) atoms. The fourth-order valence-electron chi connectivity index (χ4n) is 2.14. The number of aromatic nitrogens is 2. The van der Waals surface area contributed by atoms with Crippen LogP contribution in [0.2, 0.25) is 0 Å². The van der Waals surface area contributed by atoms with Crippen molar-refractivity contribution in [1.29, 1.82) is 0 Å². The van der Waals surface area contributed by atoms with Crippen LogP contribution in [0.15, 0.2) is 21.9 Å². The van der Waals surface area contributed by atoms with Crippen LogP contribution in [0.25, 0.3) is 0 Å². The first-order chi connectivity index (χ1) is 8.95. The largest absolute Gasteiger partial charge is 0.439 e. The maximum absolute atomic E-state index is 11.9. The third-order valence-electron chi connectivity index (χ3n) is 2.77. The quantitative estimate of drug-likeness (QED) is 0.701. The maximum atomic E-state index is 11.9. The lowest BCUT2D eigenvalue weighted by Crippen LogP contribution is -2.47. The normalized spacial score (nSPS) is 13.8. The van der Waals surface area contributed by atoms with Crippen LogP contribution in [0, 0.1) is 0 Å². The lowest BCUT2D eigenvalue weighted by atomic mass is 10.0. The van der Waals surface area contributed by atoms with Gasteiger partial charge in [-0.2, -0.15) is 0 Å². The zero-order valence-electron chi connectivity index (χ0n) is 11.1. The molecule has 0 aliphatic heterocycles. The molecule has 0 saturated heterocycles. The number of esters is 1. The lowest BCUT2D eigenvalue weighted by molar-refractivity contribution is -0.173. The first kappa shape index (κ1) is 15.2. The van der Waals surface area contributed by atoms with Gasteiger partial charge in [-0.1, -0.05) is 13.3 Å². The van der Waals surface area contributed by atoms with E-state index in [1.54, 1.807) is 0 Å². The minimum atomic E-state index is -1.14. The van der Waals surface area contributed by atoms with Gasteiger partial charge in [-0.25, -0.2) is 4.79 Å². The van der Waals surface area contributed by atoms with Crippen molar-refractivity contribution in [3.8, 4) is 0 Å². The van der Waals surface area contributed by atoms with Crippen molar-refractivity contribution in [2.45, 2.75) is 38.8 Å². The van der Waals surface area contributed by atoms with Crippen LogP contribution in [0.1, 0.15) is 33.1 Å². The number of nitrogens with two attached hydrogens (primary N) is 1. The minimum absolute atomic E-state index is 0.249. The number of nitrogens with zero attached hydrogens (tertiary/aromatic N) is 1. The van der Waals surface area contributed by atoms with E-state index < -0.39 is 22.9 Å². The van der Waals surface area contributed by atoms with Crippen LogP contribution in [0.4, 0.5) is 0 Å². The van der Waals surface area contributed by atoms with Crippen LogP contribution >= 0.6 is 0 Å². The summed E-state index contributed by atoms with van der Waals surface area (Å²) in [5.41, 5.74) is 3.30. The Morgan fingerprint density at radius 2 is 2.16 bits per heavy atom. The van der Waals surface area contributed by atoms with Crippen molar-refractivity contribution in [3.05, 3.63) is 33.1 Å². The molecule has 1 atom stereocenters. The van der Waals surface area contributed by atoms with E-state index >= 15 is 0 Å². The number of nitrogens with one attached hydrogen (secondary N) is 1. The van der Waals surface area contributed by atoms with Gasteiger partial charge in [0, 0.05) is 32.0 Å². The Labute approximate surface area is 110 Å². The molecule has 1 rings (SSSR count). The number of H-pyrrole nitrogens is 1. The average Bonchev–Trinajstić information content (AvgIpc) is 2.28. The van der Waals surface area contributed by atoms with Gasteiger partial charge in [0.05, 0.1) is 0 Å². The van der Waals surface area contributed by atoms with E-state index in [2.05, 4.69) is 4.98 Å². The Kier molecular flexibility index (Phi) is 5.05. The fourth-order valence-corrected chi connectivity index (χ4v) is 2.14. The summed E-state index contributed by atoms with van der Waals surface area (Å²) < 4.78 is 6.58. The summed E-state index contributed by atoms with van der Waals surface area (Å²) in [4.78, 5) is 36.5. The molecule has 1 aromatic rings. The van der Waals surface area contributed by atoms with Gasteiger partial charge >= 0.3 is 11.7 Å². The van der Waals surface area contributed by atoms with Crippen LogP contribution < -0.4 is 17.0 Å². The van der Waals surface area contributed by atoms with E-state index in [0.717, 1.165) is 0 Å². The van der Waals surface area contributed by atoms with Gasteiger partial charge in [-0.15, -0.1) is 0 Å². The summed E-state index contributed by atoms with van der Waals surface area (Å²) in [5.74, 6) is -0.500. The topological polar surface area (TPSA) is 107 Å². The van der Waals surface area contributed by atoms with Gasteiger partial charge < -0.3 is 10.5 Å². The highest BCUT2D eigenvalue weighted by molar-refractivity contribution is 5.66. The lowest BCUT2D eigenvalue weighted by Gasteiger charge is -2.34. The van der Waals surface area contributed by atoms with Crippen molar-refractivity contribution in [2.24, 2.45) is 5.73 Å². The number of hydrogen-bond acceptors (Lipinski definition) is 5. The van der Waals surface area contributed by atoms with Crippen LogP contribution in [-0.2, 0) is 15.3 Å². The highest BCUT2D eigenvalue weighted by Gasteiger charge is 2.35. The fraction of sp³-hybridized carbons (Fsp3) is 0.583. The first-order valence-corrected chi connectivity index (χ1v) is 6.17. The van der Waals surface area contributed by atoms with Gasteiger partial charge in [0.2, 0.25) is 0 Å². The molecule has 0 amide bonds. The highest BCUT2D eigenvalue weighted by Crippen LogP contribution is 2.26. The Morgan fingerprint density at radius 3 is 2.63 bits per heavy atom. The number of carbonyl (C=O) groups excluding carboxylic acids is 1. The molecule has 3 N–H and O–H groups in total. The SMILES string of the molecule is CCCC(CCN)(OC(C)=O)n1ccc(=O)[nH]c1=O. The second-order valence-electron chi connectivity index (χ2n) is 4.31. The molecular weight excluding hydrogens is 250 g/mol. The predicted molar refractivity (Wildman–Crippen MR) is 69.6 cm³/mol. The third kappa shape index (κ3) is 3.54. The standard InChI is InChI=1S/C12H19N3O4/c1-3-5-12(6-7-13,19-9(2)16)15-8-4-10(17)14-11(15)18/h4,8H,3,5-7,13H2,1-2H3,(H,14,17,18). The predicted octanol–water partition coefficient (Wildman–Crippen LogP) is -0.0986. The van der Waals surface area contributed by atoms with Crippen molar-refractivity contribution in [1.82, 2.24) is 9.55 Å². The molecule has 1 aromatic heterocycles. The van der Waals surface area contributed by atoms with E-state index in [9.17, 15) is 14.4 Å². The Bertz CT molecular complexity index is 540. The summed E-state index contributed by atoms with van der Waals surface area (Å²) in [7, 11) is 0. The Hall–Kier alpha value is -1.89. The summed E-state index contributed by atoms with van der Waals surface area (Å²) >= 11 is 0. The van der Waals surface area contributed by atoms with Crippen LogP contribution in [-0.4, -0.2) is 22.1 Å². The first-order valence-electron chi connectivity index (χ1n) is 6.17. The number of carbonyl (C=O) groups is 1. The van der Waals surface area contributed by atoms with Crippen molar-refractivity contribution >= 4 is 5.97 Å². The number of hydrogen-bond donors (Lipinski definition) is 2. The summed E-state index contributed by atoms with van der Waals surface area (Å²) in [5, 5.41) is 0. The van der Waals surface area contributed by atoms with E-state index in [-0.39, 0.29) is 6.54 Å². The average molecular weight is 269 g/mol. The zero-order chi connectivity index (χ0) is 14.5. The van der Waals surface area contributed by atoms with E-state index in [4.69, 9.17) is 10.5 Å². The smallest absolute Gasteiger partial charge is 0.331 e. The van der Waals surface area contributed by atoms with Crippen molar-refractivity contribution in [3.63, 3.8) is 0 Å². The summed E-state index contributed by atoms with van der Waals surface area (Å²) in [6.45, 7) is 3.43. The number of ether oxygens (including phenoxy) is 1. The molecule has 0 saturated carbocycles. The summed E-state index contributed by atoms with van der Waals surface area (Å²) in [6, 6.07) is 1.21. The molecule has 1 unspecified atom stereocenters. The third-order valence-corrected chi connectivity index (χ3v) is 2.77. The zero-order valence-corrected chi connectivity index (χ0v) is 11.1. The molecule has 0 bridgehead atoms. The highest BCUT2D eigenvalue weighted by atomic mass is 16.6. The van der Waals surface area contributed by atoms with Gasteiger partial charge in [0.15, 0.2) is 5.72 Å². The van der Waals surface area contributed by atoms with Gasteiger partial charge in [-0.05, 0) is 6.54 Å². The molecule has 1 heterocycles. The summed E-state index contributed by atoms with van der Waals surface area (Å²) in [6.07, 6.45) is 2.76. The molecule has 0 spiro atoms. The van der Waals surface area contributed by atoms with Gasteiger partial charge in [0.1, 0.15) is 0 Å². The van der Waals surface area contributed by atoms with Crippen LogP contribution in [0.5, 0.6) is 0 Å². The van der Waals surface area contributed by atoms with Crippen LogP contribution in [0.3, 0.4) is 0 Å². The monoisotopic (exact) mass is 269 g/mol. The minimum Gasteiger partial charge on any atom is -0.439 e. The van der Waals surface area contributed by atoms with Crippen molar-refractivity contribution < 1.29 is 9.53 Å². The Morgan fingerprint density at radius 1 is 1.47 bits per heavy atom. The molecule has 0 radical (unpaired) electrons.